The number of carbonyl (C=O) groups excluding carboxylic acids is 2. The Balaban J connectivity index is 1.69. The molecule has 2 aromatic rings. The molecule has 6 nitrogen and oxygen atoms in total. The molecule has 0 atom stereocenters. The van der Waals surface area contributed by atoms with Crippen LogP contribution in [0, 0.1) is 5.92 Å². The van der Waals surface area contributed by atoms with Crippen LogP contribution in [0.1, 0.15) is 31.4 Å². The van der Waals surface area contributed by atoms with Gasteiger partial charge in [-0.25, -0.2) is 5.43 Å². The normalized spacial score (nSPS) is 10.8. The first-order chi connectivity index (χ1) is 13.5. The van der Waals surface area contributed by atoms with E-state index in [9.17, 15) is 9.59 Å². The van der Waals surface area contributed by atoms with Gasteiger partial charge in [0.2, 0.25) is 5.91 Å². The minimum atomic E-state index is -0.141. The van der Waals surface area contributed by atoms with E-state index in [0.717, 1.165) is 11.1 Å². The monoisotopic (exact) mass is 381 g/mol. The molecular weight excluding hydrogens is 354 g/mol. The van der Waals surface area contributed by atoms with Gasteiger partial charge in [-0.15, -0.1) is 0 Å². The van der Waals surface area contributed by atoms with Gasteiger partial charge in [-0.05, 0) is 47.7 Å². The molecule has 6 heteroatoms. The number of aryl methyl sites for hydroxylation is 1. The molecule has 0 radical (unpaired) electrons. The topological polar surface area (TPSA) is 79.8 Å². The van der Waals surface area contributed by atoms with Crippen molar-refractivity contribution < 1.29 is 14.3 Å². The molecular formula is C22H27N3O3. The van der Waals surface area contributed by atoms with Crippen LogP contribution >= 0.6 is 0 Å². The van der Waals surface area contributed by atoms with Crippen LogP contribution < -0.4 is 15.5 Å². The molecule has 0 aliphatic heterocycles. The highest BCUT2D eigenvalue weighted by molar-refractivity contribution is 5.82. The zero-order valence-corrected chi connectivity index (χ0v) is 16.4. The minimum Gasteiger partial charge on any atom is -0.484 e. The van der Waals surface area contributed by atoms with E-state index < -0.39 is 0 Å². The Hall–Kier alpha value is -3.15. The van der Waals surface area contributed by atoms with Gasteiger partial charge in [-0.3, -0.25) is 9.59 Å². The fraction of sp³-hybridized carbons (Fsp3) is 0.318. The van der Waals surface area contributed by atoms with Crippen molar-refractivity contribution in [2.24, 2.45) is 11.0 Å². The predicted molar refractivity (Wildman–Crippen MR) is 110 cm³/mol. The number of nitrogens with zero attached hydrogens (tertiary/aromatic N) is 1. The van der Waals surface area contributed by atoms with Crippen LogP contribution in [0.5, 0.6) is 5.75 Å². The largest absolute Gasteiger partial charge is 0.484 e. The van der Waals surface area contributed by atoms with Crippen LogP contribution in [0.25, 0.3) is 0 Å². The number of hydrogen-bond acceptors (Lipinski definition) is 4. The van der Waals surface area contributed by atoms with Crippen molar-refractivity contribution in [3.63, 3.8) is 0 Å². The molecule has 2 rings (SSSR count). The first-order valence-corrected chi connectivity index (χ1v) is 9.38. The van der Waals surface area contributed by atoms with Gasteiger partial charge in [0.15, 0.2) is 6.61 Å². The molecule has 0 aliphatic carbocycles. The van der Waals surface area contributed by atoms with Gasteiger partial charge in [-0.2, -0.15) is 5.10 Å². The lowest BCUT2D eigenvalue weighted by Crippen LogP contribution is -2.31. The Morgan fingerprint density at radius 3 is 2.43 bits per heavy atom. The Morgan fingerprint density at radius 2 is 1.75 bits per heavy atom. The quantitative estimate of drug-likeness (QED) is 0.491. The van der Waals surface area contributed by atoms with Crippen LogP contribution in [0.3, 0.4) is 0 Å². The molecule has 0 aromatic heterocycles. The van der Waals surface area contributed by atoms with E-state index in [1.807, 2.05) is 44.2 Å². The average Bonchev–Trinajstić information content (AvgIpc) is 2.71. The summed E-state index contributed by atoms with van der Waals surface area (Å²) in [4.78, 5) is 23.5. The molecule has 2 aromatic carbocycles. The third kappa shape index (κ3) is 8.49. The standard InChI is InChI=1S/C22H27N3O3/c1-17(2)14-23-22(27)16-28-20-11-8-19(9-12-20)15-24-25-21(26)13-10-18-6-4-3-5-7-18/h3-9,11-12,15,17H,10,13-14,16H2,1-2H3,(H,23,27)(H,25,26)/b24-15-. The van der Waals surface area contributed by atoms with Gasteiger partial charge >= 0.3 is 0 Å². The maximum Gasteiger partial charge on any atom is 0.257 e. The molecule has 0 unspecified atom stereocenters. The van der Waals surface area contributed by atoms with Crippen LogP contribution in [-0.2, 0) is 16.0 Å². The number of carbonyl (C=O) groups is 2. The molecule has 0 heterocycles. The van der Waals surface area contributed by atoms with E-state index in [1.54, 1.807) is 30.5 Å². The van der Waals surface area contributed by atoms with E-state index in [0.29, 0.717) is 31.1 Å². The number of hydrazone groups is 1. The van der Waals surface area contributed by atoms with Crippen molar-refractivity contribution in [2.75, 3.05) is 13.2 Å². The van der Waals surface area contributed by atoms with E-state index in [1.165, 1.54) is 0 Å². The minimum absolute atomic E-state index is 0.0162. The van der Waals surface area contributed by atoms with Crippen molar-refractivity contribution in [1.82, 2.24) is 10.7 Å². The number of ether oxygens (including phenoxy) is 1. The first kappa shape index (κ1) is 21.2. The van der Waals surface area contributed by atoms with Crippen molar-refractivity contribution in [2.45, 2.75) is 26.7 Å². The van der Waals surface area contributed by atoms with Gasteiger partial charge in [0, 0.05) is 13.0 Å². The second-order valence-electron chi connectivity index (χ2n) is 6.83. The molecule has 0 bridgehead atoms. The lowest BCUT2D eigenvalue weighted by Gasteiger charge is -2.09. The summed E-state index contributed by atoms with van der Waals surface area (Å²) in [5, 5.41) is 6.77. The fourth-order valence-corrected chi connectivity index (χ4v) is 2.31. The Morgan fingerprint density at radius 1 is 1.04 bits per heavy atom. The third-order valence-corrected chi connectivity index (χ3v) is 3.84. The summed E-state index contributed by atoms with van der Waals surface area (Å²) in [6.45, 7) is 4.69. The molecule has 148 valence electrons. The summed E-state index contributed by atoms with van der Waals surface area (Å²) in [5.41, 5.74) is 4.47. The molecule has 28 heavy (non-hydrogen) atoms. The summed E-state index contributed by atoms with van der Waals surface area (Å²) in [6, 6.07) is 17.0. The highest BCUT2D eigenvalue weighted by Crippen LogP contribution is 2.11. The average molecular weight is 381 g/mol. The van der Waals surface area contributed by atoms with Crippen LogP contribution in [0.4, 0.5) is 0 Å². The second-order valence-corrected chi connectivity index (χ2v) is 6.83. The summed E-state index contributed by atoms with van der Waals surface area (Å²) < 4.78 is 5.45. The predicted octanol–water partition coefficient (Wildman–Crippen LogP) is 2.92. The molecule has 0 fully saturated rings. The molecule has 0 spiro atoms. The summed E-state index contributed by atoms with van der Waals surface area (Å²) in [5.74, 6) is 0.732. The van der Waals surface area contributed by atoms with Gasteiger partial charge in [0.25, 0.3) is 5.91 Å². The highest BCUT2D eigenvalue weighted by Gasteiger charge is 2.04. The van der Waals surface area contributed by atoms with Crippen molar-refractivity contribution in [1.29, 1.82) is 0 Å². The zero-order valence-electron chi connectivity index (χ0n) is 16.4. The highest BCUT2D eigenvalue weighted by atomic mass is 16.5. The number of hydrogen-bond donors (Lipinski definition) is 2. The summed E-state index contributed by atoms with van der Waals surface area (Å²) >= 11 is 0. The van der Waals surface area contributed by atoms with Crippen LogP contribution in [0.2, 0.25) is 0 Å². The van der Waals surface area contributed by atoms with Gasteiger partial charge in [0.05, 0.1) is 6.21 Å². The van der Waals surface area contributed by atoms with E-state index >= 15 is 0 Å². The molecule has 0 saturated heterocycles. The summed E-state index contributed by atoms with van der Waals surface area (Å²) in [6.07, 6.45) is 2.63. The SMILES string of the molecule is CC(C)CNC(=O)COc1ccc(/C=N\NC(=O)CCc2ccccc2)cc1. The summed E-state index contributed by atoms with van der Waals surface area (Å²) in [7, 11) is 0. The lowest BCUT2D eigenvalue weighted by atomic mass is 10.1. The van der Waals surface area contributed by atoms with Gasteiger partial charge < -0.3 is 10.1 Å². The Labute approximate surface area is 166 Å². The lowest BCUT2D eigenvalue weighted by molar-refractivity contribution is -0.123. The van der Waals surface area contributed by atoms with E-state index in [2.05, 4.69) is 15.8 Å². The van der Waals surface area contributed by atoms with Crippen LogP contribution in [-0.4, -0.2) is 31.2 Å². The number of benzene rings is 2. The van der Waals surface area contributed by atoms with Gasteiger partial charge in [-0.1, -0.05) is 44.2 Å². The van der Waals surface area contributed by atoms with Crippen molar-refractivity contribution in [3.05, 3.63) is 65.7 Å². The first-order valence-electron chi connectivity index (χ1n) is 9.38. The molecule has 0 aliphatic rings. The maximum absolute atomic E-state index is 11.8. The number of amides is 2. The molecule has 2 N–H and O–H groups in total. The van der Waals surface area contributed by atoms with Gasteiger partial charge in [0.1, 0.15) is 5.75 Å². The third-order valence-electron chi connectivity index (χ3n) is 3.84. The van der Waals surface area contributed by atoms with Crippen molar-refractivity contribution >= 4 is 18.0 Å². The van der Waals surface area contributed by atoms with Crippen molar-refractivity contribution in [3.8, 4) is 5.75 Å². The van der Waals surface area contributed by atoms with Crippen LogP contribution in [0.15, 0.2) is 59.7 Å². The number of rotatable bonds is 10. The second kappa shape index (κ2) is 11.5. The Bertz CT molecular complexity index is 771. The zero-order chi connectivity index (χ0) is 20.2. The Kier molecular flexibility index (Phi) is 8.72. The van der Waals surface area contributed by atoms with E-state index in [-0.39, 0.29) is 18.4 Å². The molecule has 0 saturated carbocycles. The van der Waals surface area contributed by atoms with E-state index in [4.69, 9.17) is 4.74 Å². The molecule has 2 amide bonds. The smallest absolute Gasteiger partial charge is 0.257 e. The fourth-order valence-electron chi connectivity index (χ4n) is 2.31. The maximum atomic E-state index is 11.8. The number of nitrogens with one attached hydrogen (secondary N) is 2.